The lowest BCUT2D eigenvalue weighted by Crippen LogP contribution is -2.10. The number of nitrogens with two attached hydrogens (primary N) is 1. The second kappa shape index (κ2) is 3.94. The molecule has 3 nitrogen and oxygen atoms in total. The Morgan fingerprint density at radius 1 is 1.35 bits per heavy atom. The van der Waals surface area contributed by atoms with Gasteiger partial charge in [0.25, 0.3) is 0 Å². The van der Waals surface area contributed by atoms with Crippen molar-refractivity contribution in [3.8, 4) is 0 Å². The zero-order valence-corrected chi connectivity index (χ0v) is 9.58. The van der Waals surface area contributed by atoms with Crippen molar-refractivity contribution in [2.45, 2.75) is 6.04 Å². The number of aromatic nitrogens is 1. The molecule has 3 rings (SSSR count). The molecule has 2 heterocycles. The Balaban J connectivity index is 2.06. The lowest BCUT2D eigenvalue weighted by Gasteiger charge is -2.02. The Kier molecular flexibility index (Phi) is 2.42. The largest absolute Gasteiger partial charge is 0.438 e. The van der Waals surface area contributed by atoms with E-state index in [1.807, 2.05) is 17.5 Å². The maximum Gasteiger partial charge on any atom is 0.217 e. The van der Waals surface area contributed by atoms with Crippen LogP contribution in [0.2, 0.25) is 0 Å². The number of fused-ring (bicyclic) bond motifs is 1. The highest BCUT2D eigenvalue weighted by molar-refractivity contribution is 7.10. The predicted molar refractivity (Wildman–Crippen MR) is 64.3 cm³/mol. The molecule has 0 aliphatic rings. The molecule has 0 aliphatic heterocycles. The van der Waals surface area contributed by atoms with Gasteiger partial charge in [-0.3, -0.25) is 0 Å². The Morgan fingerprint density at radius 2 is 2.24 bits per heavy atom. The summed E-state index contributed by atoms with van der Waals surface area (Å²) < 4.78 is 18.5. The fourth-order valence-corrected chi connectivity index (χ4v) is 2.36. The molecule has 0 radical (unpaired) electrons. The molecular formula is C12H9FN2OS. The van der Waals surface area contributed by atoms with Gasteiger partial charge in [-0.15, -0.1) is 11.3 Å². The molecule has 1 unspecified atom stereocenters. The third kappa shape index (κ3) is 1.83. The first kappa shape index (κ1) is 10.4. The van der Waals surface area contributed by atoms with Crippen molar-refractivity contribution in [2.75, 3.05) is 0 Å². The normalized spacial score (nSPS) is 13.1. The van der Waals surface area contributed by atoms with Crippen molar-refractivity contribution in [1.82, 2.24) is 4.98 Å². The summed E-state index contributed by atoms with van der Waals surface area (Å²) in [4.78, 5) is 5.23. The molecule has 0 fully saturated rings. The van der Waals surface area contributed by atoms with Gasteiger partial charge in [-0.1, -0.05) is 6.07 Å². The quantitative estimate of drug-likeness (QED) is 0.758. The third-order valence-corrected chi connectivity index (χ3v) is 3.44. The van der Waals surface area contributed by atoms with Gasteiger partial charge in [0.15, 0.2) is 5.58 Å². The minimum Gasteiger partial charge on any atom is -0.438 e. The molecule has 0 amide bonds. The van der Waals surface area contributed by atoms with Crippen molar-refractivity contribution < 1.29 is 8.81 Å². The predicted octanol–water partition coefficient (Wildman–Crippen LogP) is 3.08. The lowest BCUT2D eigenvalue weighted by atomic mass is 10.2. The van der Waals surface area contributed by atoms with Crippen LogP contribution in [0, 0.1) is 5.82 Å². The Hall–Kier alpha value is -1.72. The molecule has 2 N–H and O–H groups in total. The van der Waals surface area contributed by atoms with Gasteiger partial charge >= 0.3 is 0 Å². The highest BCUT2D eigenvalue weighted by Gasteiger charge is 2.16. The number of hydrogen-bond acceptors (Lipinski definition) is 4. The number of thiophene rings is 1. The van der Waals surface area contributed by atoms with Crippen LogP contribution in [0.3, 0.4) is 0 Å². The van der Waals surface area contributed by atoms with Gasteiger partial charge in [0, 0.05) is 10.9 Å². The number of nitrogens with zero attached hydrogens (tertiary/aromatic N) is 1. The molecule has 0 aliphatic carbocycles. The summed E-state index contributed by atoms with van der Waals surface area (Å²) in [5.74, 6) is 0.0675. The van der Waals surface area contributed by atoms with Gasteiger partial charge in [0.05, 0.1) is 0 Å². The average molecular weight is 248 g/mol. The summed E-state index contributed by atoms with van der Waals surface area (Å²) in [6, 6.07) is 7.69. The lowest BCUT2D eigenvalue weighted by molar-refractivity contribution is 0.505. The van der Waals surface area contributed by atoms with Crippen LogP contribution in [-0.4, -0.2) is 4.98 Å². The van der Waals surface area contributed by atoms with Gasteiger partial charge < -0.3 is 10.2 Å². The number of hydrogen-bond donors (Lipinski definition) is 1. The molecule has 86 valence electrons. The molecular weight excluding hydrogens is 239 g/mol. The molecule has 3 aromatic rings. The van der Waals surface area contributed by atoms with Crippen LogP contribution in [-0.2, 0) is 0 Å². The van der Waals surface area contributed by atoms with E-state index in [2.05, 4.69) is 4.98 Å². The minimum atomic E-state index is -0.398. The van der Waals surface area contributed by atoms with Crippen molar-refractivity contribution in [1.29, 1.82) is 0 Å². The van der Waals surface area contributed by atoms with Gasteiger partial charge in [0.2, 0.25) is 5.89 Å². The number of halogens is 1. The maximum absolute atomic E-state index is 13.0. The van der Waals surface area contributed by atoms with E-state index in [0.717, 1.165) is 4.88 Å². The molecule has 1 atom stereocenters. The van der Waals surface area contributed by atoms with E-state index in [0.29, 0.717) is 17.0 Å². The molecule has 17 heavy (non-hydrogen) atoms. The first-order valence-corrected chi connectivity index (χ1v) is 5.97. The molecule has 1 aromatic carbocycles. The second-order valence-corrected chi connectivity index (χ2v) is 4.64. The van der Waals surface area contributed by atoms with Gasteiger partial charge in [-0.25, -0.2) is 9.37 Å². The second-order valence-electron chi connectivity index (χ2n) is 3.66. The molecule has 2 aromatic heterocycles. The van der Waals surface area contributed by atoms with Gasteiger partial charge in [-0.05, 0) is 23.6 Å². The monoisotopic (exact) mass is 248 g/mol. The molecule has 0 saturated heterocycles. The minimum absolute atomic E-state index is 0.343. The molecule has 5 heteroatoms. The average Bonchev–Trinajstić information content (AvgIpc) is 2.96. The number of oxazole rings is 1. The van der Waals surface area contributed by atoms with E-state index < -0.39 is 6.04 Å². The summed E-state index contributed by atoms with van der Waals surface area (Å²) >= 11 is 1.54. The van der Waals surface area contributed by atoms with Gasteiger partial charge in [-0.2, -0.15) is 0 Å². The van der Waals surface area contributed by atoms with Crippen LogP contribution in [0.25, 0.3) is 11.1 Å². The number of benzene rings is 1. The van der Waals surface area contributed by atoms with E-state index in [1.54, 1.807) is 6.07 Å². The molecule has 0 bridgehead atoms. The molecule has 0 saturated carbocycles. The summed E-state index contributed by atoms with van der Waals surface area (Å²) in [6.07, 6.45) is 0. The van der Waals surface area contributed by atoms with Crippen LogP contribution in [0.5, 0.6) is 0 Å². The van der Waals surface area contributed by atoms with Gasteiger partial charge in [0.1, 0.15) is 17.4 Å². The highest BCUT2D eigenvalue weighted by atomic mass is 32.1. The Morgan fingerprint density at radius 3 is 3.00 bits per heavy atom. The van der Waals surface area contributed by atoms with E-state index >= 15 is 0 Å². The van der Waals surface area contributed by atoms with Crippen molar-refractivity contribution in [2.24, 2.45) is 5.73 Å². The Labute approximate surface area is 101 Å². The fraction of sp³-hybridized carbons (Fsp3) is 0.0833. The smallest absolute Gasteiger partial charge is 0.217 e. The Bertz CT molecular complexity index is 648. The van der Waals surface area contributed by atoms with E-state index in [1.165, 1.54) is 23.5 Å². The van der Waals surface area contributed by atoms with Crippen LogP contribution >= 0.6 is 11.3 Å². The molecule has 0 spiro atoms. The maximum atomic E-state index is 13.0. The first-order chi connectivity index (χ1) is 8.24. The van der Waals surface area contributed by atoms with Crippen LogP contribution < -0.4 is 5.73 Å². The summed E-state index contributed by atoms with van der Waals surface area (Å²) in [5.41, 5.74) is 7.07. The summed E-state index contributed by atoms with van der Waals surface area (Å²) in [6.45, 7) is 0. The first-order valence-electron chi connectivity index (χ1n) is 5.09. The van der Waals surface area contributed by atoms with Crippen LogP contribution in [0.4, 0.5) is 4.39 Å². The van der Waals surface area contributed by atoms with E-state index in [4.69, 9.17) is 10.2 Å². The van der Waals surface area contributed by atoms with Crippen molar-refractivity contribution >= 4 is 22.4 Å². The zero-order valence-electron chi connectivity index (χ0n) is 8.76. The SMILES string of the molecule is NC(c1nc2ccc(F)cc2o1)c1cccs1. The van der Waals surface area contributed by atoms with Crippen molar-refractivity contribution in [3.63, 3.8) is 0 Å². The van der Waals surface area contributed by atoms with Crippen molar-refractivity contribution in [3.05, 3.63) is 52.3 Å². The van der Waals surface area contributed by atoms with Crippen LogP contribution in [0.15, 0.2) is 40.1 Å². The summed E-state index contributed by atoms with van der Waals surface area (Å²) in [5, 5.41) is 1.94. The topological polar surface area (TPSA) is 52.0 Å². The standard InChI is InChI=1S/C12H9FN2OS/c13-7-3-4-8-9(6-7)16-12(15-8)11(14)10-2-1-5-17-10/h1-6,11H,14H2. The fourth-order valence-electron chi connectivity index (χ4n) is 1.64. The van der Waals surface area contributed by atoms with E-state index in [-0.39, 0.29) is 5.82 Å². The highest BCUT2D eigenvalue weighted by Crippen LogP contribution is 2.26. The zero-order chi connectivity index (χ0) is 11.8. The van der Waals surface area contributed by atoms with E-state index in [9.17, 15) is 4.39 Å². The van der Waals surface area contributed by atoms with Crippen LogP contribution in [0.1, 0.15) is 16.8 Å². The third-order valence-electron chi connectivity index (χ3n) is 2.48. The number of rotatable bonds is 2. The summed E-state index contributed by atoms with van der Waals surface area (Å²) in [7, 11) is 0.